The fourth-order valence-corrected chi connectivity index (χ4v) is 5.17. The molecule has 184 valence electrons. The van der Waals surface area contributed by atoms with Gasteiger partial charge in [-0.3, -0.25) is 0 Å². The molecule has 3 rings (SSSR count). The van der Waals surface area contributed by atoms with Crippen molar-refractivity contribution in [3.05, 3.63) is 89.5 Å². The third-order valence-corrected chi connectivity index (χ3v) is 7.20. The second kappa shape index (κ2) is 14.8. The standard InChI is InChI=1S/C32H47N2/c1-4-6-7-8-9-10-11-12-19-24-33-27-31(25-28(3)30-22-17-14-18-23-30)34(5-2)32(33)26-29-20-15-13-16-21-29/h13-18,20-23,27-28H,4-12,19,24-26H2,1-3H3/q+1. The van der Waals surface area contributed by atoms with Crippen molar-refractivity contribution < 1.29 is 4.57 Å². The Morgan fingerprint density at radius 3 is 1.94 bits per heavy atom. The number of rotatable bonds is 16. The normalized spacial score (nSPS) is 12.2. The highest BCUT2D eigenvalue weighted by Gasteiger charge is 2.24. The number of imidazole rings is 1. The first-order chi connectivity index (χ1) is 16.7. The van der Waals surface area contributed by atoms with Gasteiger partial charge < -0.3 is 0 Å². The van der Waals surface area contributed by atoms with E-state index < -0.39 is 0 Å². The van der Waals surface area contributed by atoms with Gasteiger partial charge in [0.1, 0.15) is 11.9 Å². The maximum Gasteiger partial charge on any atom is 0.261 e. The van der Waals surface area contributed by atoms with Crippen molar-refractivity contribution in [3.8, 4) is 0 Å². The molecule has 0 aliphatic carbocycles. The monoisotopic (exact) mass is 459 g/mol. The maximum absolute atomic E-state index is 2.58. The van der Waals surface area contributed by atoms with Crippen LogP contribution in [0.25, 0.3) is 0 Å². The van der Waals surface area contributed by atoms with Crippen molar-refractivity contribution in [1.29, 1.82) is 0 Å². The van der Waals surface area contributed by atoms with Gasteiger partial charge in [-0.1, -0.05) is 119 Å². The molecule has 1 unspecified atom stereocenters. The molecule has 34 heavy (non-hydrogen) atoms. The Bertz CT molecular complexity index is 926. The maximum atomic E-state index is 2.58. The number of unbranched alkanes of at least 4 members (excludes halogenated alkanes) is 8. The summed E-state index contributed by atoms with van der Waals surface area (Å²) < 4.78 is 5.16. The minimum atomic E-state index is 0.520. The molecule has 1 aromatic heterocycles. The molecule has 0 spiro atoms. The van der Waals surface area contributed by atoms with Crippen LogP contribution < -0.4 is 4.57 Å². The van der Waals surface area contributed by atoms with Gasteiger partial charge in [0.15, 0.2) is 0 Å². The average Bonchev–Trinajstić information content (AvgIpc) is 3.19. The molecule has 0 N–H and O–H groups in total. The first-order valence-corrected chi connectivity index (χ1v) is 13.9. The zero-order chi connectivity index (χ0) is 24.0. The number of hydrogen-bond acceptors (Lipinski definition) is 0. The molecular weight excluding hydrogens is 412 g/mol. The summed E-state index contributed by atoms with van der Waals surface area (Å²) in [6.45, 7) is 9.13. The van der Waals surface area contributed by atoms with E-state index in [4.69, 9.17) is 0 Å². The van der Waals surface area contributed by atoms with Crippen LogP contribution in [0.5, 0.6) is 0 Å². The van der Waals surface area contributed by atoms with E-state index in [1.54, 1.807) is 0 Å². The lowest BCUT2D eigenvalue weighted by atomic mass is 9.96. The topological polar surface area (TPSA) is 8.81 Å². The first-order valence-electron chi connectivity index (χ1n) is 13.9. The van der Waals surface area contributed by atoms with Gasteiger partial charge in [-0.2, -0.15) is 0 Å². The fourth-order valence-electron chi connectivity index (χ4n) is 5.17. The van der Waals surface area contributed by atoms with Crippen LogP contribution in [0.2, 0.25) is 0 Å². The summed E-state index contributed by atoms with van der Waals surface area (Å²) in [6, 6.07) is 22.0. The highest BCUT2D eigenvalue weighted by molar-refractivity contribution is 5.22. The number of nitrogens with zero attached hydrogens (tertiary/aromatic N) is 2. The second-order valence-electron chi connectivity index (χ2n) is 9.98. The molecule has 2 aromatic carbocycles. The summed E-state index contributed by atoms with van der Waals surface area (Å²) in [5, 5.41) is 0. The van der Waals surface area contributed by atoms with E-state index in [9.17, 15) is 0 Å². The first kappa shape index (κ1) is 26.3. The highest BCUT2D eigenvalue weighted by atomic mass is 15.2. The van der Waals surface area contributed by atoms with E-state index in [1.165, 1.54) is 80.4 Å². The Balaban J connectivity index is 1.66. The van der Waals surface area contributed by atoms with Crippen LogP contribution in [-0.2, 0) is 25.9 Å². The molecule has 0 aliphatic heterocycles. The average molecular weight is 460 g/mol. The van der Waals surface area contributed by atoms with Gasteiger partial charge >= 0.3 is 0 Å². The minimum absolute atomic E-state index is 0.520. The van der Waals surface area contributed by atoms with Crippen LogP contribution >= 0.6 is 0 Å². The highest BCUT2D eigenvalue weighted by Crippen LogP contribution is 2.21. The molecule has 0 saturated carbocycles. The van der Waals surface area contributed by atoms with E-state index in [-0.39, 0.29) is 0 Å². The van der Waals surface area contributed by atoms with E-state index in [0.29, 0.717) is 5.92 Å². The van der Waals surface area contributed by atoms with Gasteiger partial charge in [0.2, 0.25) is 0 Å². The third-order valence-electron chi connectivity index (χ3n) is 7.20. The molecule has 0 aliphatic rings. The SMILES string of the molecule is CCCCCCCCCCC[n+]1cc(CC(C)c2ccccc2)n(CC)c1Cc1ccccc1. The summed E-state index contributed by atoms with van der Waals surface area (Å²) in [6.07, 6.45) is 17.0. The Kier molecular flexibility index (Phi) is 11.4. The van der Waals surface area contributed by atoms with Crippen LogP contribution in [0, 0.1) is 0 Å². The van der Waals surface area contributed by atoms with Crippen molar-refractivity contribution in [3.63, 3.8) is 0 Å². The van der Waals surface area contributed by atoms with Crippen LogP contribution in [0.15, 0.2) is 66.9 Å². The number of hydrogen-bond donors (Lipinski definition) is 0. The van der Waals surface area contributed by atoms with E-state index in [0.717, 1.165) is 25.9 Å². The quantitative estimate of drug-likeness (QED) is 0.151. The molecule has 1 atom stereocenters. The van der Waals surface area contributed by atoms with Crippen LogP contribution in [-0.4, -0.2) is 4.57 Å². The van der Waals surface area contributed by atoms with Gasteiger partial charge in [0.25, 0.3) is 5.82 Å². The Morgan fingerprint density at radius 2 is 1.32 bits per heavy atom. The molecular formula is C32H47N2+. The van der Waals surface area contributed by atoms with Crippen LogP contribution in [0.3, 0.4) is 0 Å². The molecule has 2 nitrogen and oxygen atoms in total. The van der Waals surface area contributed by atoms with Crippen molar-refractivity contribution in [2.45, 2.75) is 110 Å². The largest absolute Gasteiger partial charge is 0.261 e. The molecule has 0 radical (unpaired) electrons. The van der Waals surface area contributed by atoms with E-state index in [2.05, 4.69) is 96.8 Å². The van der Waals surface area contributed by atoms with Gasteiger partial charge in [0.05, 0.1) is 19.5 Å². The van der Waals surface area contributed by atoms with Crippen molar-refractivity contribution >= 4 is 0 Å². The number of aryl methyl sites for hydroxylation is 1. The zero-order valence-electron chi connectivity index (χ0n) is 22.0. The Hall–Kier alpha value is -2.35. The summed E-state index contributed by atoms with van der Waals surface area (Å²) in [5.41, 5.74) is 4.31. The Labute approximate surface area is 209 Å². The zero-order valence-corrected chi connectivity index (χ0v) is 22.0. The van der Waals surface area contributed by atoms with Crippen molar-refractivity contribution in [2.24, 2.45) is 0 Å². The molecule has 3 aromatic rings. The lowest BCUT2D eigenvalue weighted by Crippen LogP contribution is -2.37. The van der Waals surface area contributed by atoms with Gasteiger partial charge in [0, 0.05) is 6.42 Å². The van der Waals surface area contributed by atoms with Gasteiger partial charge in [-0.05, 0) is 36.8 Å². The summed E-state index contributed by atoms with van der Waals surface area (Å²) in [7, 11) is 0. The smallest absolute Gasteiger partial charge is 0.234 e. The number of aromatic nitrogens is 2. The molecule has 2 heteroatoms. The summed E-state index contributed by atoms with van der Waals surface area (Å²) in [5.74, 6) is 1.98. The molecule has 0 fully saturated rings. The molecule has 0 saturated heterocycles. The van der Waals surface area contributed by atoms with Crippen molar-refractivity contribution in [1.82, 2.24) is 4.57 Å². The lowest BCUT2D eigenvalue weighted by Gasteiger charge is -2.11. The Morgan fingerprint density at radius 1 is 0.735 bits per heavy atom. The van der Waals surface area contributed by atoms with Gasteiger partial charge in [-0.25, -0.2) is 9.13 Å². The molecule has 1 heterocycles. The number of benzene rings is 2. The molecule has 0 amide bonds. The van der Waals surface area contributed by atoms with E-state index in [1.807, 2.05) is 0 Å². The predicted octanol–water partition coefficient (Wildman–Crippen LogP) is 8.26. The summed E-state index contributed by atoms with van der Waals surface area (Å²) >= 11 is 0. The van der Waals surface area contributed by atoms with Crippen LogP contribution in [0.4, 0.5) is 0 Å². The predicted molar refractivity (Wildman–Crippen MR) is 145 cm³/mol. The summed E-state index contributed by atoms with van der Waals surface area (Å²) in [4.78, 5) is 0. The van der Waals surface area contributed by atoms with Crippen LogP contribution in [0.1, 0.15) is 107 Å². The third kappa shape index (κ3) is 8.15. The lowest BCUT2D eigenvalue weighted by molar-refractivity contribution is -0.704. The van der Waals surface area contributed by atoms with Crippen molar-refractivity contribution in [2.75, 3.05) is 0 Å². The minimum Gasteiger partial charge on any atom is -0.234 e. The fraction of sp³-hybridized carbons (Fsp3) is 0.531. The second-order valence-corrected chi connectivity index (χ2v) is 9.98. The van der Waals surface area contributed by atoms with Gasteiger partial charge in [-0.15, -0.1) is 0 Å². The molecule has 0 bridgehead atoms. The van der Waals surface area contributed by atoms with E-state index >= 15 is 0 Å².